The van der Waals surface area contributed by atoms with E-state index in [1.54, 1.807) is 13.8 Å². The lowest BCUT2D eigenvalue weighted by Gasteiger charge is -2.26. The molecule has 5 unspecified atom stereocenters. The molecule has 200 valence electrons. The number of carbonyl (C=O) groups excluding carboxylic acids is 4. The minimum absolute atomic E-state index is 0.0173. The lowest BCUT2D eigenvalue weighted by Crippen LogP contribution is -2.59. The number of nitrogens with one attached hydrogen (secondary N) is 3. The topological polar surface area (TPSA) is 234 Å². The quantitative estimate of drug-likeness (QED) is 0.140. The molecule has 1 rings (SSSR count). The molecule has 0 saturated heterocycles. The molecule has 0 spiro atoms. The predicted molar refractivity (Wildman–Crippen MR) is 128 cm³/mol. The van der Waals surface area contributed by atoms with E-state index in [0.29, 0.717) is 5.56 Å². The average Bonchev–Trinajstić information content (AvgIpc) is 2.77. The van der Waals surface area contributed by atoms with E-state index >= 15 is 0 Å². The SMILES string of the molecule is CC(C)CC(NC(=O)C(N)C(C)O)C(=O)NC(CC(N)=O)C(=O)NC(Cc1ccc(O)cc1)C(=O)O. The first-order valence-electron chi connectivity index (χ1n) is 11.3. The maximum atomic E-state index is 12.9. The minimum atomic E-state index is -1.52. The summed E-state index contributed by atoms with van der Waals surface area (Å²) >= 11 is 0. The van der Waals surface area contributed by atoms with E-state index in [9.17, 15) is 39.3 Å². The molecule has 0 fully saturated rings. The van der Waals surface area contributed by atoms with Crippen molar-refractivity contribution in [1.29, 1.82) is 0 Å². The van der Waals surface area contributed by atoms with Gasteiger partial charge in [0.05, 0.1) is 12.5 Å². The number of carboxylic acids is 1. The van der Waals surface area contributed by atoms with E-state index < -0.39 is 66.3 Å². The number of aliphatic hydroxyl groups excluding tert-OH is 1. The van der Waals surface area contributed by atoms with Crippen LogP contribution in [0.4, 0.5) is 0 Å². The highest BCUT2D eigenvalue weighted by Crippen LogP contribution is 2.12. The zero-order valence-electron chi connectivity index (χ0n) is 20.4. The van der Waals surface area contributed by atoms with Crippen LogP contribution in [0.5, 0.6) is 5.75 Å². The van der Waals surface area contributed by atoms with Crippen LogP contribution in [0.15, 0.2) is 24.3 Å². The minimum Gasteiger partial charge on any atom is -0.508 e. The Bertz CT molecular complexity index is 935. The highest BCUT2D eigenvalue weighted by Gasteiger charge is 2.32. The number of aliphatic hydroxyl groups is 1. The van der Waals surface area contributed by atoms with Crippen molar-refractivity contribution < 1.29 is 39.3 Å². The van der Waals surface area contributed by atoms with Gasteiger partial charge in [-0.15, -0.1) is 0 Å². The first-order valence-corrected chi connectivity index (χ1v) is 11.3. The summed E-state index contributed by atoms with van der Waals surface area (Å²) in [6.07, 6.45) is -1.80. The van der Waals surface area contributed by atoms with Crippen molar-refractivity contribution in [3.63, 3.8) is 0 Å². The van der Waals surface area contributed by atoms with Gasteiger partial charge in [0.25, 0.3) is 0 Å². The lowest BCUT2D eigenvalue weighted by atomic mass is 10.0. The summed E-state index contributed by atoms with van der Waals surface area (Å²) in [6, 6.07) is 0.302. The summed E-state index contributed by atoms with van der Waals surface area (Å²) in [5.41, 5.74) is 11.3. The van der Waals surface area contributed by atoms with Gasteiger partial charge in [-0.3, -0.25) is 19.2 Å². The van der Waals surface area contributed by atoms with Crippen LogP contribution in [0, 0.1) is 5.92 Å². The normalized spacial score (nSPS) is 15.2. The van der Waals surface area contributed by atoms with Crippen LogP contribution in [-0.4, -0.2) is 75.2 Å². The Morgan fingerprint density at radius 3 is 1.83 bits per heavy atom. The van der Waals surface area contributed by atoms with Crippen molar-refractivity contribution in [2.75, 3.05) is 0 Å². The second-order valence-corrected chi connectivity index (χ2v) is 8.96. The summed E-state index contributed by atoms with van der Waals surface area (Å²) in [7, 11) is 0. The van der Waals surface area contributed by atoms with Gasteiger partial charge in [-0.25, -0.2) is 4.79 Å². The molecule has 36 heavy (non-hydrogen) atoms. The first kappa shape index (κ1) is 30.3. The van der Waals surface area contributed by atoms with Crippen LogP contribution < -0.4 is 27.4 Å². The van der Waals surface area contributed by atoms with Gasteiger partial charge in [0.2, 0.25) is 23.6 Å². The van der Waals surface area contributed by atoms with Gasteiger partial charge in [0, 0.05) is 6.42 Å². The number of hydrogen-bond donors (Lipinski definition) is 8. The van der Waals surface area contributed by atoms with Crippen molar-refractivity contribution in [1.82, 2.24) is 16.0 Å². The Labute approximate surface area is 208 Å². The Kier molecular flexibility index (Phi) is 11.8. The monoisotopic (exact) mass is 509 g/mol. The number of carbonyl (C=O) groups is 5. The number of primary amides is 1. The van der Waals surface area contributed by atoms with Crippen molar-refractivity contribution in [2.45, 2.75) is 70.3 Å². The Morgan fingerprint density at radius 1 is 0.861 bits per heavy atom. The third-order valence-electron chi connectivity index (χ3n) is 5.19. The molecular formula is C23H35N5O8. The highest BCUT2D eigenvalue weighted by atomic mass is 16.4. The number of carboxylic acid groups (broad SMARTS) is 1. The third kappa shape index (κ3) is 10.3. The maximum Gasteiger partial charge on any atom is 0.326 e. The molecule has 4 amide bonds. The number of rotatable bonds is 14. The van der Waals surface area contributed by atoms with Crippen LogP contribution in [0.3, 0.4) is 0 Å². The summed E-state index contributed by atoms with van der Waals surface area (Å²) in [6.45, 7) is 4.89. The predicted octanol–water partition coefficient (Wildman–Crippen LogP) is -1.90. The second kappa shape index (κ2) is 14.0. The van der Waals surface area contributed by atoms with Gasteiger partial charge in [0.15, 0.2) is 0 Å². The van der Waals surface area contributed by atoms with E-state index in [4.69, 9.17) is 11.5 Å². The average molecular weight is 510 g/mol. The second-order valence-electron chi connectivity index (χ2n) is 8.96. The molecule has 0 aliphatic carbocycles. The molecule has 0 aliphatic heterocycles. The van der Waals surface area contributed by atoms with E-state index in [-0.39, 0.29) is 24.5 Å². The van der Waals surface area contributed by atoms with Crippen LogP contribution in [-0.2, 0) is 30.4 Å². The molecule has 0 saturated carbocycles. The van der Waals surface area contributed by atoms with Gasteiger partial charge in [-0.2, -0.15) is 0 Å². The fraction of sp³-hybridized carbons (Fsp3) is 0.522. The molecule has 0 bridgehead atoms. The van der Waals surface area contributed by atoms with Crippen LogP contribution in [0.25, 0.3) is 0 Å². The molecule has 1 aromatic carbocycles. The van der Waals surface area contributed by atoms with Gasteiger partial charge >= 0.3 is 5.97 Å². The number of nitrogens with two attached hydrogens (primary N) is 2. The molecule has 0 aromatic heterocycles. The van der Waals surface area contributed by atoms with Crippen LogP contribution in [0.2, 0.25) is 0 Å². The smallest absolute Gasteiger partial charge is 0.326 e. The van der Waals surface area contributed by atoms with E-state index in [1.165, 1.54) is 31.2 Å². The summed E-state index contributed by atoms with van der Waals surface area (Å²) in [5.74, 6) is -4.96. The maximum absolute atomic E-state index is 12.9. The molecule has 1 aromatic rings. The molecule has 0 heterocycles. The lowest BCUT2D eigenvalue weighted by molar-refractivity contribution is -0.142. The van der Waals surface area contributed by atoms with Gasteiger partial charge in [0.1, 0.15) is 29.9 Å². The first-order chi connectivity index (χ1) is 16.7. The van der Waals surface area contributed by atoms with Crippen LogP contribution in [0.1, 0.15) is 39.2 Å². The highest BCUT2D eigenvalue weighted by molar-refractivity contribution is 5.96. The largest absolute Gasteiger partial charge is 0.508 e. The number of hydrogen-bond acceptors (Lipinski definition) is 8. The van der Waals surface area contributed by atoms with Crippen molar-refractivity contribution in [2.24, 2.45) is 17.4 Å². The van der Waals surface area contributed by atoms with E-state index in [1.807, 2.05) is 0 Å². The molecule has 0 radical (unpaired) electrons. The van der Waals surface area contributed by atoms with E-state index in [2.05, 4.69) is 16.0 Å². The number of aliphatic carboxylic acids is 1. The number of aromatic hydroxyl groups is 1. The van der Waals surface area contributed by atoms with Gasteiger partial charge in [-0.1, -0.05) is 26.0 Å². The Hall–Kier alpha value is -3.71. The summed E-state index contributed by atoms with van der Waals surface area (Å²) in [4.78, 5) is 61.4. The number of phenolic OH excluding ortho intramolecular Hbond substituents is 1. The Morgan fingerprint density at radius 2 is 1.36 bits per heavy atom. The number of benzene rings is 1. The number of amides is 4. The molecule has 13 nitrogen and oxygen atoms in total. The Balaban J connectivity index is 3.03. The number of phenols is 1. The zero-order valence-corrected chi connectivity index (χ0v) is 20.4. The molecule has 10 N–H and O–H groups in total. The fourth-order valence-electron chi connectivity index (χ4n) is 3.21. The van der Waals surface area contributed by atoms with Crippen molar-refractivity contribution in [3.8, 4) is 5.75 Å². The van der Waals surface area contributed by atoms with Crippen molar-refractivity contribution in [3.05, 3.63) is 29.8 Å². The summed E-state index contributed by atoms with van der Waals surface area (Å²) < 4.78 is 0. The van der Waals surface area contributed by atoms with Crippen LogP contribution >= 0.6 is 0 Å². The molecule has 5 atom stereocenters. The third-order valence-corrected chi connectivity index (χ3v) is 5.19. The van der Waals surface area contributed by atoms with Gasteiger partial charge < -0.3 is 42.7 Å². The fourth-order valence-corrected chi connectivity index (χ4v) is 3.21. The molecular weight excluding hydrogens is 474 g/mol. The standard InChI is InChI=1S/C23H35N5O8/c1-11(2)8-15(27-22(34)19(25)12(3)29)20(32)26-16(10-18(24)31)21(33)28-17(23(35)36)9-13-4-6-14(30)7-5-13/h4-7,11-12,15-17,19,29-30H,8-10,25H2,1-3H3,(H2,24,31)(H,26,32)(H,27,34)(H,28,33)(H,35,36). The van der Waals surface area contributed by atoms with Crippen molar-refractivity contribution >= 4 is 29.6 Å². The summed E-state index contributed by atoms with van der Waals surface area (Å²) in [5, 5.41) is 35.5. The molecule has 13 heteroatoms. The molecule has 0 aliphatic rings. The zero-order chi connectivity index (χ0) is 27.6. The van der Waals surface area contributed by atoms with E-state index in [0.717, 1.165) is 0 Å². The van der Waals surface area contributed by atoms with Gasteiger partial charge in [-0.05, 0) is 37.0 Å².